The lowest BCUT2D eigenvalue weighted by Crippen LogP contribution is -2.40. The van der Waals surface area contributed by atoms with Gasteiger partial charge >= 0.3 is 0 Å². The Morgan fingerprint density at radius 3 is 2.96 bits per heavy atom. The third kappa shape index (κ3) is 2.62. The molecule has 0 radical (unpaired) electrons. The molecule has 6 heteroatoms. The molecule has 130 valence electrons. The quantitative estimate of drug-likeness (QED) is 0.915. The zero-order chi connectivity index (χ0) is 17.8. The number of hydrogen-bond acceptors (Lipinski definition) is 4. The molecule has 2 aliphatic rings. The van der Waals surface area contributed by atoms with Crippen LogP contribution in [0.25, 0.3) is 5.65 Å². The number of fused-ring (bicyclic) bond motifs is 1. The van der Waals surface area contributed by atoms with E-state index in [1.807, 2.05) is 0 Å². The summed E-state index contributed by atoms with van der Waals surface area (Å²) in [6.45, 7) is 6.71. The van der Waals surface area contributed by atoms with E-state index < -0.39 is 0 Å². The van der Waals surface area contributed by atoms with Gasteiger partial charge in [0.1, 0.15) is 5.56 Å². The molecule has 2 aromatic heterocycles. The normalized spacial score (nSPS) is 22.2. The van der Waals surface area contributed by atoms with E-state index in [9.17, 15) is 4.79 Å². The molecule has 0 saturated carbocycles. The molecule has 1 unspecified atom stereocenters. The summed E-state index contributed by atoms with van der Waals surface area (Å²) < 4.78 is 1.61. The Kier molecular flexibility index (Phi) is 3.45. The van der Waals surface area contributed by atoms with Crippen molar-refractivity contribution in [1.82, 2.24) is 24.8 Å². The minimum atomic E-state index is -0.165. The third-order valence-electron chi connectivity index (χ3n) is 5.25. The van der Waals surface area contributed by atoms with Gasteiger partial charge in [-0.3, -0.25) is 4.79 Å². The van der Waals surface area contributed by atoms with Gasteiger partial charge in [0.25, 0.3) is 5.91 Å². The van der Waals surface area contributed by atoms with E-state index in [1.165, 1.54) is 11.3 Å². The first-order valence-corrected chi connectivity index (χ1v) is 8.62. The minimum Gasteiger partial charge on any atom is -0.369 e. The average Bonchev–Trinajstić information content (AvgIpc) is 3.12. The first kappa shape index (κ1) is 15.9. The number of likely N-dealkylation sites (N-methyl/N-ethyl adjacent to an activating group) is 1. The van der Waals surface area contributed by atoms with Gasteiger partial charge in [-0.05, 0) is 42.9 Å². The molecule has 0 spiro atoms. The zero-order valence-electron chi connectivity index (χ0n) is 15.1. The maximum absolute atomic E-state index is 12.8. The summed E-state index contributed by atoms with van der Waals surface area (Å²) in [6.07, 6.45) is 9.30. The zero-order valence-corrected chi connectivity index (χ0v) is 15.1. The maximum Gasteiger partial charge on any atom is 0.260 e. The van der Waals surface area contributed by atoms with Crippen LogP contribution >= 0.6 is 0 Å². The van der Waals surface area contributed by atoms with E-state index in [4.69, 9.17) is 0 Å². The van der Waals surface area contributed by atoms with E-state index >= 15 is 0 Å². The summed E-state index contributed by atoms with van der Waals surface area (Å²) in [5.74, 6) is -0.165. The predicted octanol–water partition coefficient (Wildman–Crippen LogP) is 2.75. The molecule has 4 rings (SSSR count). The van der Waals surface area contributed by atoms with Crippen LogP contribution in [0.15, 0.2) is 47.7 Å². The highest BCUT2D eigenvalue weighted by Gasteiger charge is 2.36. The molecule has 1 aliphatic carbocycles. The second kappa shape index (κ2) is 5.44. The van der Waals surface area contributed by atoms with Crippen molar-refractivity contribution in [3.63, 3.8) is 0 Å². The van der Waals surface area contributed by atoms with Gasteiger partial charge in [-0.15, -0.1) is 0 Å². The Balaban J connectivity index is 1.63. The highest BCUT2D eigenvalue weighted by Crippen LogP contribution is 2.45. The predicted molar refractivity (Wildman–Crippen MR) is 95.8 cm³/mol. The van der Waals surface area contributed by atoms with E-state index in [0.717, 1.165) is 18.5 Å². The average molecular weight is 337 g/mol. The molecular formula is C19H23N5O. The fourth-order valence-electron chi connectivity index (χ4n) is 3.81. The Hall–Kier alpha value is -2.63. The van der Waals surface area contributed by atoms with Crippen LogP contribution in [0.3, 0.4) is 0 Å². The summed E-state index contributed by atoms with van der Waals surface area (Å²) in [5.41, 5.74) is 4.99. The monoisotopic (exact) mass is 337 g/mol. The molecule has 0 aromatic carbocycles. The van der Waals surface area contributed by atoms with Crippen LogP contribution in [0.2, 0.25) is 0 Å². The Labute approximate surface area is 147 Å². The van der Waals surface area contributed by atoms with Gasteiger partial charge in [0.15, 0.2) is 5.65 Å². The first-order valence-electron chi connectivity index (χ1n) is 8.62. The van der Waals surface area contributed by atoms with Crippen molar-refractivity contribution >= 4 is 11.6 Å². The van der Waals surface area contributed by atoms with E-state index in [0.29, 0.717) is 11.2 Å². The fraction of sp³-hybridized carbons (Fsp3) is 0.421. The van der Waals surface area contributed by atoms with Crippen LogP contribution in [0.5, 0.6) is 0 Å². The number of hydrogen-bond donors (Lipinski definition) is 1. The summed E-state index contributed by atoms with van der Waals surface area (Å²) in [5, 5.41) is 7.28. The van der Waals surface area contributed by atoms with Crippen molar-refractivity contribution in [1.29, 1.82) is 0 Å². The Bertz CT molecular complexity index is 921. The van der Waals surface area contributed by atoms with E-state index in [2.05, 4.69) is 54.2 Å². The summed E-state index contributed by atoms with van der Waals surface area (Å²) in [7, 11) is 2.11. The lowest BCUT2D eigenvalue weighted by atomic mass is 9.89. The van der Waals surface area contributed by atoms with Crippen LogP contribution < -0.4 is 5.32 Å². The molecule has 0 fully saturated rings. The van der Waals surface area contributed by atoms with Crippen LogP contribution in [0.4, 0.5) is 0 Å². The molecule has 1 aliphatic heterocycles. The third-order valence-corrected chi connectivity index (χ3v) is 5.25. The number of carbonyl (C=O) groups is 1. The van der Waals surface area contributed by atoms with Crippen molar-refractivity contribution in [2.45, 2.75) is 39.7 Å². The molecule has 0 bridgehead atoms. The smallest absolute Gasteiger partial charge is 0.260 e. The highest BCUT2D eigenvalue weighted by molar-refractivity contribution is 6.00. The van der Waals surface area contributed by atoms with E-state index in [-0.39, 0.29) is 17.4 Å². The molecule has 1 N–H and O–H groups in total. The largest absolute Gasteiger partial charge is 0.369 e. The fourth-order valence-corrected chi connectivity index (χ4v) is 3.81. The first-order chi connectivity index (χ1) is 11.9. The molecule has 1 atom stereocenters. The lowest BCUT2D eigenvalue weighted by molar-refractivity contribution is 0.0960. The second-order valence-corrected chi connectivity index (χ2v) is 7.78. The van der Waals surface area contributed by atoms with Crippen molar-refractivity contribution in [2.75, 3.05) is 7.05 Å². The standard InChI is InChI=1S/C19H23N5O/c1-12-15(8-13-9-19(2,3)10-16(13)23(12)4)22-18(25)14-11-21-24-7-5-6-20-17(14)24/h5-8,11-12H,9-10H2,1-4H3,(H,22,25). The topological polar surface area (TPSA) is 62.5 Å². The number of rotatable bonds is 2. The van der Waals surface area contributed by atoms with Gasteiger partial charge in [0.05, 0.1) is 12.2 Å². The second-order valence-electron chi connectivity index (χ2n) is 7.78. The van der Waals surface area contributed by atoms with Crippen LogP contribution in [-0.2, 0) is 0 Å². The van der Waals surface area contributed by atoms with Crippen molar-refractivity contribution in [3.05, 3.63) is 53.3 Å². The van der Waals surface area contributed by atoms with Crippen molar-refractivity contribution < 1.29 is 4.79 Å². The summed E-state index contributed by atoms with van der Waals surface area (Å²) >= 11 is 0. The van der Waals surface area contributed by atoms with Crippen LogP contribution in [0, 0.1) is 5.41 Å². The van der Waals surface area contributed by atoms with Gasteiger partial charge in [-0.1, -0.05) is 13.8 Å². The van der Waals surface area contributed by atoms with Gasteiger partial charge in [0.2, 0.25) is 0 Å². The Morgan fingerprint density at radius 1 is 1.36 bits per heavy atom. The highest BCUT2D eigenvalue weighted by atomic mass is 16.1. The van der Waals surface area contributed by atoms with Crippen LogP contribution in [0.1, 0.15) is 44.0 Å². The van der Waals surface area contributed by atoms with Crippen molar-refractivity contribution in [3.8, 4) is 0 Å². The lowest BCUT2D eigenvalue weighted by Gasteiger charge is -2.34. The summed E-state index contributed by atoms with van der Waals surface area (Å²) in [4.78, 5) is 19.3. The van der Waals surface area contributed by atoms with Gasteiger partial charge in [0, 0.05) is 30.8 Å². The number of allylic oxidation sites excluding steroid dienone is 3. The number of nitrogens with zero attached hydrogens (tertiary/aromatic N) is 4. The maximum atomic E-state index is 12.8. The van der Waals surface area contributed by atoms with Gasteiger partial charge in [-0.25, -0.2) is 9.50 Å². The number of aromatic nitrogens is 3. The SMILES string of the molecule is CC1C(NC(=O)c2cnn3cccnc23)=CC2=C(CC(C)(C)C2)N1C. The molecular weight excluding hydrogens is 314 g/mol. The molecule has 1 amide bonds. The molecule has 2 aromatic rings. The number of nitrogens with one attached hydrogen (secondary N) is 1. The van der Waals surface area contributed by atoms with Crippen molar-refractivity contribution in [2.24, 2.45) is 5.41 Å². The number of carbonyl (C=O) groups excluding carboxylic acids is 1. The molecule has 3 heterocycles. The van der Waals surface area contributed by atoms with Gasteiger partial charge in [-0.2, -0.15) is 5.10 Å². The van der Waals surface area contributed by atoms with Gasteiger partial charge < -0.3 is 10.2 Å². The summed E-state index contributed by atoms with van der Waals surface area (Å²) in [6, 6.07) is 1.92. The minimum absolute atomic E-state index is 0.131. The Morgan fingerprint density at radius 2 is 2.16 bits per heavy atom. The molecule has 6 nitrogen and oxygen atoms in total. The molecule has 25 heavy (non-hydrogen) atoms. The van der Waals surface area contributed by atoms with Crippen LogP contribution in [-0.4, -0.2) is 38.5 Å². The number of amides is 1. The van der Waals surface area contributed by atoms with E-state index in [1.54, 1.807) is 29.2 Å². The molecule has 0 saturated heterocycles.